The number of methoxy groups -OCH3 is 1. The highest BCUT2D eigenvalue weighted by molar-refractivity contribution is 5.87. The van der Waals surface area contributed by atoms with Gasteiger partial charge < -0.3 is 15.0 Å². The van der Waals surface area contributed by atoms with Gasteiger partial charge in [-0.3, -0.25) is 9.59 Å². The van der Waals surface area contributed by atoms with Gasteiger partial charge in [-0.05, 0) is 56.2 Å². The summed E-state index contributed by atoms with van der Waals surface area (Å²) in [5, 5.41) is 3.12. The van der Waals surface area contributed by atoms with Crippen LogP contribution in [-0.4, -0.2) is 43.0 Å². The van der Waals surface area contributed by atoms with Crippen molar-refractivity contribution in [2.75, 3.05) is 20.2 Å². The Hall–Kier alpha value is -2.82. The Labute approximate surface area is 191 Å². The molecule has 0 unspecified atom stereocenters. The number of likely N-dealkylation sites (tertiary alicyclic amines) is 1. The monoisotopic (exact) mass is 434 g/mol. The van der Waals surface area contributed by atoms with Crippen LogP contribution in [0.2, 0.25) is 0 Å². The number of ether oxygens (including phenoxy) is 1. The van der Waals surface area contributed by atoms with Crippen molar-refractivity contribution in [2.45, 2.75) is 46.1 Å². The maximum Gasteiger partial charge on any atom is 0.228 e. The molecular formula is C27H34N2O3. The van der Waals surface area contributed by atoms with Gasteiger partial charge in [0.2, 0.25) is 11.8 Å². The molecule has 2 aliphatic rings. The molecule has 32 heavy (non-hydrogen) atoms. The predicted octanol–water partition coefficient (Wildman–Crippen LogP) is 4.30. The first kappa shape index (κ1) is 22.4. The van der Waals surface area contributed by atoms with E-state index in [2.05, 4.69) is 36.5 Å². The zero-order chi connectivity index (χ0) is 22.9. The lowest BCUT2D eigenvalue weighted by molar-refractivity contribution is -0.134. The van der Waals surface area contributed by atoms with Crippen molar-refractivity contribution in [3.8, 4) is 16.9 Å². The van der Waals surface area contributed by atoms with Gasteiger partial charge in [-0.15, -0.1) is 0 Å². The van der Waals surface area contributed by atoms with E-state index in [0.29, 0.717) is 31.8 Å². The highest BCUT2D eigenvalue weighted by atomic mass is 16.5. The van der Waals surface area contributed by atoms with E-state index >= 15 is 0 Å². The standard InChI is InChI=1S/C27H34N2O3/c1-18(2)28-26(31)27(13-14-29(17-27)25(30)23-15-19(23)3)16-20-9-11-21(12-10-20)22-7-5-6-8-24(22)32-4/h5-12,18-19,23H,13-17H2,1-4H3,(H,28,31)/t19-,23-,27-/m1/s1. The van der Waals surface area contributed by atoms with Crippen LogP contribution in [0.4, 0.5) is 0 Å². The number of carbonyl (C=O) groups is 2. The third-order valence-corrected chi connectivity index (χ3v) is 6.91. The molecule has 1 N–H and O–H groups in total. The van der Waals surface area contributed by atoms with Crippen molar-refractivity contribution in [1.29, 1.82) is 0 Å². The number of hydrogen-bond acceptors (Lipinski definition) is 3. The van der Waals surface area contributed by atoms with Crippen LogP contribution in [0.25, 0.3) is 11.1 Å². The molecule has 2 amide bonds. The SMILES string of the molecule is COc1ccccc1-c1ccc(C[C@]2(C(=O)NC(C)C)CCN(C(=O)[C@@H]3C[C@H]3C)C2)cc1. The van der Waals surface area contributed by atoms with Gasteiger partial charge in [0.15, 0.2) is 0 Å². The van der Waals surface area contributed by atoms with Crippen LogP contribution in [-0.2, 0) is 16.0 Å². The molecule has 5 nitrogen and oxygen atoms in total. The maximum atomic E-state index is 13.3. The van der Waals surface area contributed by atoms with Gasteiger partial charge in [0, 0.05) is 30.6 Å². The van der Waals surface area contributed by atoms with Crippen LogP contribution in [0, 0.1) is 17.3 Å². The summed E-state index contributed by atoms with van der Waals surface area (Å²) in [6.07, 6.45) is 2.30. The van der Waals surface area contributed by atoms with E-state index in [0.717, 1.165) is 28.9 Å². The molecule has 4 rings (SSSR count). The molecule has 0 bridgehead atoms. The molecule has 1 saturated heterocycles. The van der Waals surface area contributed by atoms with E-state index in [1.807, 2.05) is 43.0 Å². The van der Waals surface area contributed by atoms with E-state index in [1.54, 1.807) is 7.11 Å². The smallest absolute Gasteiger partial charge is 0.228 e. The average Bonchev–Trinajstić information content (AvgIpc) is 3.36. The largest absolute Gasteiger partial charge is 0.496 e. The fourth-order valence-corrected chi connectivity index (χ4v) is 4.86. The second-order valence-corrected chi connectivity index (χ2v) is 9.81. The molecule has 3 atom stereocenters. The van der Waals surface area contributed by atoms with E-state index in [-0.39, 0.29) is 23.8 Å². The molecule has 0 radical (unpaired) electrons. The van der Waals surface area contributed by atoms with Crippen molar-refractivity contribution in [1.82, 2.24) is 10.2 Å². The Morgan fingerprint density at radius 2 is 1.84 bits per heavy atom. The summed E-state index contributed by atoms with van der Waals surface area (Å²) in [5.74, 6) is 1.75. The quantitative estimate of drug-likeness (QED) is 0.707. The molecule has 1 aliphatic carbocycles. The zero-order valence-corrected chi connectivity index (χ0v) is 19.6. The molecule has 0 aromatic heterocycles. The second-order valence-electron chi connectivity index (χ2n) is 9.81. The first-order valence-electron chi connectivity index (χ1n) is 11.6. The molecular weight excluding hydrogens is 400 g/mol. The first-order valence-corrected chi connectivity index (χ1v) is 11.6. The third-order valence-electron chi connectivity index (χ3n) is 6.91. The summed E-state index contributed by atoms with van der Waals surface area (Å²) in [6.45, 7) is 7.25. The minimum atomic E-state index is -0.579. The van der Waals surface area contributed by atoms with Gasteiger partial charge in [0.25, 0.3) is 0 Å². The van der Waals surface area contributed by atoms with Crippen molar-refractivity contribution in [3.63, 3.8) is 0 Å². The van der Waals surface area contributed by atoms with E-state index < -0.39 is 5.41 Å². The highest BCUT2D eigenvalue weighted by Crippen LogP contribution is 2.42. The Kier molecular flexibility index (Phi) is 6.27. The Morgan fingerprint density at radius 3 is 2.47 bits per heavy atom. The molecule has 1 saturated carbocycles. The minimum Gasteiger partial charge on any atom is -0.496 e. The molecule has 1 aliphatic heterocycles. The van der Waals surface area contributed by atoms with Crippen LogP contribution in [0.1, 0.15) is 39.2 Å². The van der Waals surface area contributed by atoms with Crippen LogP contribution >= 0.6 is 0 Å². The number of nitrogens with one attached hydrogen (secondary N) is 1. The third kappa shape index (κ3) is 4.52. The van der Waals surface area contributed by atoms with E-state index in [4.69, 9.17) is 4.74 Å². The average molecular weight is 435 g/mol. The number of amides is 2. The second kappa shape index (κ2) is 8.97. The van der Waals surface area contributed by atoms with Gasteiger partial charge in [0.05, 0.1) is 12.5 Å². The Balaban J connectivity index is 1.55. The summed E-state index contributed by atoms with van der Waals surface area (Å²) >= 11 is 0. The Morgan fingerprint density at radius 1 is 1.16 bits per heavy atom. The maximum absolute atomic E-state index is 13.3. The lowest BCUT2D eigenvalue weighted by atomic mass is 9.79. The summed E-state index contributed by atoms with van der Waals surface area (Å²) < 4.78 is 5.50. The van der Waals surface area contributed by atoms with Gasteiger partial charge in [0.1, 0.15) is 5.75 Å². The van der Waals surface area contributed by atoms with Crippen molar-refractivity contribution >= 4 is 11.8 Å². The fourth-order valence-electron chi connectivity index (χ4n) is 4.86. The number of carbonyl (C=O) groups excluding carboxylic acids is 2. The highest BCUT2D eigenvalue weighted by Gasteiger charge is 2.49. The van der Waals surface area contributed by atoms with Gasteiger partial charge in [-0.25, -0.2) is 0 Å². The number of nitrogens with zero attached hydrogens (tertiary/aromatic N) is 1. The van der Waals surface area contributed by atoms with Crippen molar-refractivity contribution in [2.24, 2.45) is 17.3 Å². The van der Waals surface area contributed by atoms with Crippen LogP contribution < -0.4 is 10.1 Å². The predicted molar refractivity (Wildman–Crippen MR) is 126 cm³/mol. The summed E-state index contributed by atoms with van der Waals surface area (Å²) in [5.41, 5.74) is 2.66. The topological polar surface area (TPSA) is 58.6 Å². The normalized spacial score (nSPS) is 24.5. The molecule has 1 heterocycles. The zero-order valence-electron chi connectivity index (χ0n) is 19.6. The summed E-state index contributed by atoms with van der Waals surface area (Å²) in [4.78, 5) is 28.1. The lowest BCUT2D eigenvalue weighted by Crippen LogP contribution is -2.47. The van der Waals surface area contributed by atoms with Crippen LogP contribution in [0.15, 0.2) is 48.5 Å². The van der Waals surface area contributed by atoms with Gasteiger partial charge in [-0.2, -0.15) is 0 Å². The summed E-state index contributed by atoms with van der Waals surface area (Å²) in [7, 11) is 1.68. The Bertz CT molecular complexity index is 985. The van der Waals surface area contributed by atoms with Crippen molar-refractivity contribution in [3.05, 3.63) is 54.1 Å². The molecule has 170 valence electrons. The molecule has 2 fully saturated rings. The van der Waals surface area contributed by atoms with Crippen molar-refractivity contribution < 1.29 is 14.3 Å². The molecule has 0 spiro atoms. The number of rotatable bonds is 7. The lowest BCUT2D eigenvalue weighted by Gasteiger charge is -2.29. The van der Waals surface area contributed by atoms with Crippen LogP contribution in [0.3, 0.4) is 0 Å². The van der Waals surface area contributed by atoms with Gasteiger partial charge >= 0.3 is 0 Å². The number of benzene rings is 2. The van der Waals surface area contributed by atoms with E-state index in [1.165, 1.54) is 0 Å². The van der Waals surface area contributed by atoms with Gasteiger partial charge in [-0.1, -0.05) is 49.4 Å². The minimum absolute atomic E-state index is 0.0560. The summed E-state index contributed by atoms with van der Waals surface area (Å²) in [6, 6.07) is 16.4. The molecule has 2 aromatic rings. The molecule has 2 aromatic carbocycles. The fraction of sp³-hybridized carbons (Fsp3) is 0.481. The first-order chi connectivity index (χ1) is 15.3. The van der Waals surface area contributed by atoms with E-state index in [9.17, 15) is 9.59 Å². The number of hydrogen-bond donors (Lipinski definition) is 1. The molecule has 5 heteroatoms. The van der Waals surface area contributed by atoms with Crippen LogP contribution in [0.5, 0.6) is 5.75 Å². The number of para-hydroxylation sites is 1.